The third-order valence-electron chi connectivity index (χ3n) is 2.32. The molecule has 0 atom stereocenters. The molecule has 0 spiro atoms. The molecular formula is C11H14N6S. The Balaban J connectivity index is 2.38. The Morgan fingerprint density at radius 3 is 2.67 bits per heavy atom. The van der Waals surface area contributed by atoms with Gasteiger partial charge in [-0.25, -0.2) is 25.8 Å². The SMILES string of the molecule is CC(C)c1c(NN)ncnc1Sc1ccncn1. The maximum atomic E-state index is 5.48. The molecule has 94 valence electrons. The highest BCUT2D eigenvalue weighted by molar-refractivity contribution is 7.99. The van der Waals surface area contributed by atoms with Crippen LogP contribution in [0, 0.1) is 0 Å². The molecule has 7 heteroatoms. The zero-order chi connectivity index (χ0) is 13.0. The first-order valence-corrected chi connectivity index (χ1v) is 6.29. The van der Waals surface area contributed by atoms with Gasteiger partial charge in [-0.1, -0.05) is 13.8 Å². The number of nitrogen functional groups attached to an aromatic ring is 1. The first-order valence-electron chi connectivity index (χ1n) is 5.47. The van der Waals surface area contributed by atoms with Crippen LogP contribution in [0.25, 0.3) is 0 Å². The average Bonchev–Trinajstić information content (AvgIpc) is 2.39. The van der Waals surface area contributed by atoms with Gasteiger partial charge in [0.25, 0.3) is 0 Å². The van der Waals surface area contributed by atoms with Crippen LogP contribution in [0.5, 0.6) is 0 Å². The van der Waals surface area contributed by atoms with Gasteiger partial charge in [0.2, 0.25) is 0 Å². The van der Waals surface area contributed by atoms with Gasteiger partial charge in [0.1, 0.15) is 28.5 Å². The fourth-order valence-electron chi connectivity index (χ4n) is 1.53. The third-order valence-corrected chi connectivity index (χ3v) is 3.29. The summed E-state index contributed by atoms with van der Waals surface area (Å²) in [6, 6.07) is 1.84. The van der Waals surface area contributed by atoms with Gasteiger partial charge in [-0.2, -0.15) is 0 Å². The van der Waals surface area contributed by atoms with Crippen molar-refractivity contribution in [1.82, 2.24) is 19.9 Å². The third kappa shape index (κ3) is 2.74. The van der Waals surface area contributed by atoms with Crippen molar-refractivity contribution in [1.29, 1.82) is 0 Å². The minimum Gasteiger partial charge on any atom is -0.308 e. The first-order chi connectivity index (χ1) is 8.72. The van der Waals surface area contributed by atoms with Crippen LogP contribution >= 0.6 is 11.8 Å². The molecule has 0 radical (unpaired) electrons. The quantitative estimate of drug-likeness (QED) is 0.493. The van der Waals surface area contributed by atoms with Gasteiger partial charge in [0.05, 0.1) is 0 Å². The summed E-state index contributed by atoms with van der Waals surface area (Å²) in [7, 11) is 0. The van der Waals surface area contributed by atoms with Crippen molar-refractivity contribution >= 4 is 17.6 Å². The predicted octanol–water partition coefficient (Wildman–Crippen LogP) is 1.83. The molecule has 18 heavy (non-hydrogen) atoms. The lowest BCUT2D eigenvalue weighted by molar-refractivity contribution is 0.803. The molecule has 2 heterocycles. The number of nitrogens with one attached hydrogen (secondary N) is 1. The van der Waals surface area contributed by atoms with Crippen LogP contribution in [0.15, 0.2) is 35.0 Å². The highest BCUT2D eigenvalue weighted by atomic mass is 32.2. The van der Waals surface area contributed by atoms with Crippen LogP contribution in [0.1, 0.15) is 25.3 Å². The summed E-state index contributed by atoms with van der Waals surface area (Å²) in [5, 5.41) is 1.69. The highest BCUT2D eigenvalue weighted by Crippen LogP contribution is 2.33. The smallest absolute Gasteiger partial charge is 0.147 e. The average molecular weight is 262 g/mol. The molecule has 0 aliphatic rings. The van der Waals surface area contributed by atoms with Crippen molar-refractivity contribution in [3.8, 4) is 0 Å². The molecule has 2 rings (SSSR count). The second-order valence-electron chi connectivity index (χ2n) is 3.89. The molecule has 3 N–H and O–H groups in total. The maximum Gasteiger partial charge on any atom is 0.147 e. The second-order valence-corrected chi connectivity index (χ2v) is 4.90. The Morgan fingerprint density at radius 2 is 2.06 bits per heavy atom. The van der Waals surface area contributed by atoms with Crippen LogP contribution < -0.4 is 11.3 Å². The second kappa shape index (κ2) is 5.74. The molecule has 2 aromatic heterocycles. The van der Waals surface area contributed by atoms with Crippen LogP contribution in [-0.2, 0) is 0 Å². The molecule has 0 saturated heterocycles. The highest BCUT2D eigenvalue weighted by Gasteiger charge is 2.15. The number of nitrogens with two attached hydrogens (primary N) is 1. The number of hydrogen-bond donors (Lipinski definition) is 2. The Morgan fingerprint density at radius 1 is 1.22 bits per heavy atom. The van der Waals surface area contributed by atoms with Crippen molar-refractivity contribution < 1.29 is 0 Å². The molecule has 0 bridgehead atoms. The van der Waals surface area contributed by atoms with Gasteiger partial charge in [-0.3, -0.25) is 0 Å². The van der Waals surface area contributed by atoms with Gasteiger partial charge in [0.15, 0.2) is 0 Å². The lowest BCUT2D eigenvalue weighted by Gasteiger charge is -2.14. The summed E-state index contributed by atoms with van der Waals surface area (Å²) in [6.07, 6.45) is 4.71. The molecule has 0 saturated carbocycles. The fourth-order valence-corrected chi connectivity index (χ4v) is 2.50. The summed E-state index contributed by atoms with van der Waals surface area (Å²) in [6.45, 7) is 4.15. The molecule has 0 aromatic carbocycles. The van der Waals surface area contributed by atoms with Crippen molar-refractivity contribution in [2.45, 2.75) is 29.8 Å². The van der Waals surface area contributed by atoms with Crippen molar-refractivity contribution in [2.24, 2.45) is 5.84 Å². The molecular weight excluding hydrogens is 248 g/mol. The summed E-state index contributed by atoms with van der Waals surface area (Å²) in [5.41, 5.74) is 3.60. The Hall–Kier alpha value is -1.73. The molecule has 0 amide bonds. The Kier molecular flexibility index (Phi) is 4.06. The Labute approximate surface area is 109 Å². The van der Waals surface area contributed by atoms with E-state index in [1.54, 1.807) is 6.20 Å². The summed E-state index contributed by atoms with van der Waals surface area (Å²) < 4.78 is 0. The van der Waals surface area contributed by atoms with E-state index >= 15 is 0 Å². The standard InChI is InChI=1S/C11H14N6S/c1-7(2)9-10(17-12)15-6-16-11(9)18-8-3-4-13-5-14-8/h3-7H,12H2,1-2H3,(H,15,16,17). The van der Waals surface area contributed by atoms with Gasteiger partial charge in [-0.05, 0) is 23.7 Å². The minimum atomic E-state index is 0.265. The van der Waals surface area contributed by atoms with Crippen LogP contribution in [-0.4, -0.2) is 19.9 Å². The summed E-state index contributed by atoms with van der Waals surface area (Å²) in [4.78, 5) is 16.5. The topological polar surface area (TPSA) is 89.6 Å². The zero-order valence-corrected chi connectivity index (χ0v) is 11.0. The van der Waals surface area contributed by atoms with E-state index in [-0.39, 0.29) is 5.92 Å². The number of rotatable bonds is 4. The van der Waals surface area contributed by atoms with E-state index in [1.807, 2.05) is 6.07 Å². The minimum absolute atomic E-state index is 0.265. The largest absolute Gasteiger partial charge is 0.308 e. The maximum absolute atomic E-state index is 5.48. The summed E-state index contributed by atoms with van der Waals surface area (Å²) >= 11 is 1.47. The Bertz CT molecular complexity index is 516. The van der Waals surface area contributed by atoms with Crippen LogP contribution in [0.3, 0.4) is 0 Å². The van der Waals surface area contributed by atoms with E-state index in [4.69, 9.17) is 5.84 Å². The molecule has 0 unspecified atom stereocenters. The first kappa shape index (κ1) is 12.7. The molecule has 6 nitrogen and oxygen atoms in total. The predicted molar refractivity (Wildman–Crippen MR) is 70.1 cm³/mol. The van der Waals surface area contributed by atoms with E-state index in [0.29, 0.717) is 5.82 Å². The van der Waals surface area contributed by atoms with Gasteiger partial charge >= 0.3 is 0 Å². The molecule has 0 aliphatic carbocycles. The zero-order valence-electron chi connectivity index (χ0n) is 10.2. The number of hydrazine groups is 1. The van der Waals surface area contributed by atoms with E-state index in [0.717, 1.165) is 15.6 Å². The van der Waals surface area contributed by atoms with E-state index in [9.17, 15) is 0 Å². The van der Waals surface area contributed by atoms with Crippen molar-refractivity contribution in [3.63, 3.8) is 0 Å². The fraction of sp³-hybridized carbons (Fsp3) is 0.273. The normalized spacial score (nSPS) is 10.7. The number of aromatic nitrogens is 4. The van der Waals surface area contributed by atoms with E-state index in [2.05, 4.69) is 39.2 Å². The molecule has 0 fully saturated rings. The lowest BCUT2D eigenvalue weighted by Crippen LogP contribution is -2.13. The van der Waals surface area contributed by atoms with E-state index < -0.39 is 0 Å². The summed E-state index contributed by atoms with van der Waals surface area (Å²) in [5.74, 6) is 6.39. The molecule has 0 aliphatic heterocycles. The number of anilines is 1. The van der Waals surface area contributed by atoms with E-state index in [1.165, 1.54) is 24.4 Å². The van der Waals surface area contributed by atoms with Crippen LogP contribution in [0.4, 0.5) is 5.82 Å². The lowest BCUT2D eigenvalue weighted by atomic mass is 10.1. The van der Waals surface area contributed by atoms with Gasteiger partial charge in [-0.15, -0.1) is 0 Å². The molecule has 2 aromatic rings. The van der Waals surface area contributed by atoms with Gasteiger partial charge < -0.3 is 5.43 Å². The number of nitrogens with zero attached hydrogens (tertiary/aromatic N) is 4. The van der Waals surface area contributed by atoms with Crippen molar-refractivity contribution in [3.05, 3.63) is 30.5 Å². The van der Waals surface area contributed by atoms with Crippen LogP contribution in [0.2, 0.25) is 0 Å². The monoisotopic (exact) mass is 262 g/mol. The van der Waals surface area contributed by atoms with Crippen molar-refractivity contribution in [2.75, 3.05) is 5.43 Å². The van der Waals surface area contributed by atoms with Gasteiger partial charge in [0, 0.05) is 11.8 Å². The number of hydrogen-bond acceptors (Lipinski definition) is 7.